The molecule has 1 aromatic heterocycles. The van der Waals surface area contributed by atoms with Crippen LogP contribution < -0.4 is 20.3 Å². The van der Waals surface area contributed by atoms with Crippen molar-refractivity contribution in [1.82, 2.24) is 14.7 Å². The Kier molecular flexibility index (Phi) is 7.75. The Bertz CT molecular complexity index is 1270. The summed E-state index contributed by atoms with van der Waals surface area (Å²) in [4.78, 5) is 24.8. The summed E-state index contributed by atoms with van der Waals surface area (Å²) in [7, 11) is -3.77. The smallest absolute Gasteiger partial charge is 0.278 e. The molecule has 0 unspecified atom stereocenters. The van der Waals surface area contributed by atoms with Gasteiger partial charge in [0.2, 0.25) is 10.0 Å². The zero-order chi connectivity index (χ0) is 27.8. The highest BCUT2D eigenvalue weighted by molar-refractivity contribution is 7.89. The number of benzene rings is 1. The molecule has 11 heteroatoms. The molecule has 2 aliphatic rings. The van der Waals surface area contributed by atoms with Crippen LogP contribution in [0.15, 0.2) is 35.4 Å². The van der Waals surface area contributed by atoms with Gasteiger partial charge in [-0.15, -0.1) is 0 Å². The molecule has 1 saturated carbocycles. The van der Waals surface area contributed by atoms with Crippen molar-refractivity contribution in [3.8, 4) is 0 Å². The molecule has 2 fully saturated rings. The van der Waals surface area contributed by atoms with E-state index >= 15 is 0 Å². The van der Waals surface area contributed by atoms with E-state index in [4.69, 9.17) is 4.98 Å². The Balaban J connectivity index is 1.59. The molecular formula is C27H40N6O4S. The summed E-state index contributed by atoms with van der Waals surface area (Å²) in [6, 6.07) is 6.15. The first-order chi connectivity index (χ1) is 17.7. The lowest BCUT2D eigenvalue weighted by atomic mass is 9.68. The van der Waals surface area contributed by atoms with E-state index in [-0.39, 0.29) is 22.6 Å². The molecule has 0 radical (unpaired) electrons. The maximum Gasteiger partial charge on any atom is 0.278 e. The average Bonchev–Trinajstić information content (AvgIpc) is 2.81. The van der Waals surface area contributed by atoms with E-state index < -0.39 is 27.0 Å². The van der Waals surface area contributed by atoms with Gasteiger partial charge in [0.25, 0.3) is 5.91 Å². The zero-order valence-corrected chi connectivity index (χ0v) is 23.8. The number of nitrogens with zero attached hydrogens (tertiary/aromatic N) is 3. The number of nitrogens with one attached hydrogen (secondary N) is 3. The molecule has 0 atom stereocenters. The van der Waals surface area contributed by atoms with Gasteiger partial charge in [-0.2, -0.15) is 0 Å². The maximum atomic E-state index is 13.4. The molecule has 1 aliphatic carbocycles. The van der Waals surface area contributed by atoms with Gasteiger partial charge in [-0.05, 0) is 65.7 Å². The third kappa shape index (κ3) is 6.62. The molecule has 0 bridgehead atoms. The summed E-state index contributed by atoms with van der Waals surface area (Å²) < 4.78 is 28.2. The summed E-state index contributed by atoms with van der Waals surface area (Å²) in [5.41, 5.74) is -0.470. The van der Waals surface area contributed by atoms with Gasteiger partial charge >= 0.3 is 0 Å². The monoisotopic (exact) mass is 544 g/mol. The SMILES string of the molecule is CC(C)(C)NS(=O)(=O)c1cccc(NC(=O)c2ncc(NC(C)(C)CO)nc2N2CC3(CCCCC3)C2)c1. The third-order valence-electron chi connectivity index (χ3n) is 6.94. The second-order valence-electron chi connectivity index (χ2n) is 12.3. The minimum atomic E-state index is -3.77. The molecule has 1 amide bonds. The fourth-order valence-corrected chi connectivity index (χ4v) is 6.59. The van der Waals surface area contributed by atoms with Crippen molar-refractivity contribution in [3.05, 3.63) is 36.2 Å². The highest BCUT2D eigenvalue weighted by atomic mass is 32.2. The molecule has 1 spiro atoms. The van der Waals surface area contributed by atoms with Crippen LogP contribution in [-0.4, -0.2) is 60.2 Å². The Morgan fingerprint density at radius 2 is 1.79 bits per heavy atom. The minimum absolute atomic E-state index is 0.0595. The van der Waals surface area contributed by atoms with Crippen molar-refractivity contribution in [2.45, 2.75) is 82.7 Å². The first-order valence-electron chi connectivity index (χ1n) is 13.2. The second kappa shape index (κ2) is 10.4. The van der Waals surface area contributed by atoms with Crippen LogP contribution in [0.4, 0.5) is 17.3 Å². The second-order valence-corrected chi connectivity index (χ2v) is 14.0. The van der Waals surface area contributed by atoms with Crippen molar-refractivity contribution in [1.29, 1.82) is 0 Å². The van der Waals surface area contributed by atoms with Crippen molar-refractivity contribution < 1.29 is 18.3 Å². The van der Waals surface area contributed by atoms with Crippen LogP contribution in [0, 0.1) is 5.41 Å². The van der Waals surface area contributed by atoms with Crippen LogP contribution in [0.1, 0.15) is 77.2 Å². The summed E-state index contributed by atoms with van der Waals surface area (Å²) in [5.74, 6) is 0.487. The quantitative estimate of drug-likeness (QED) is 0.394. The number of rotatable bonds is 8. The number of hydrogen-bond donors (Lipinski definition) is 4. The van der Waals surface area contributed by atoms with Crippen molar-refractivity contribution in [2.75, 3.05) is 35.2 Å². The van der Waals surface area contributed by atoms with Gasteiger partial charge in [0.1, 0.15) is 5.82 Å². The largest absolute Gasteiger partial charge is 0.394 e. The van der Waals surface area contributed by atoms with Crippen molar-refractivity contribution >= 4 is 33.3 Å². The Morgan fingerprint density at radius 3 is 2.42 bits per heavy atom. The first-order valence-corrected chi connectivity index (χ1v) is 14.7. The fraction of sp³-hybridized carbons (Fsp3) is 0.593. The Labute approximate surface area is 225 Å². The van der Waals surface area contributed by atoms with E-state index in [9.17, 15) is 18.3 Å². The standard InChI is InChI=1S/C27H40N6O4S/c1-25(2,3)32-38(36,37)20-11-9-10-19(14-20)29-24(35)22-23(30-21(15-28-22)31-26(4,5)18-34)33-16-27(17-33)12-7-6-8-13-27/h9-11,14-15,32,34H,6-8,12-13,16-18H2,1-5H3,(H,29,35)(H,30,31). The number of aliphatic hydroxyl groups excluding tert-OH is 1. The molecule has 2 aromatic rings. The lowest BCUT2D eigenvalue weighted by Crippen LogP contribution is -2.58. The molecule has 2 heterocycles. The van der Waals surface area contributed by atoms with Crippen LogP contribution in [-0.2, 0) is 10.0 Å². The lowest BCUT2D eigenvalue weighted by molar-refractivity contribution is 0.101. The van der Waals surface area contributed by atoms with Gasteiger partial charge in [0.05, 0.1) is 23.2 Å². The van der Waals surface area contributed by atoms with Gasteiger partial charge in [-0.3, -0.25) is 4.79 Å². The van der Waals surface area contributed by atoms with E-state index in [1.807, 2.05) is 13.8 Å². The molecule has 1 aliphatic heterocycles. The first kappa shape index (κ1) is 28.3. The van der Waals surface area contributed by atoms with Gasteiger partial charge in [0, 0.05) is 29.7 Å². The average molecular weight is 545 g/mol. The number of amides is 1. The molecule has 4 N–H and O–H groups in total. The predicted octanol–water partition coefficient (Wildman–Crippen LogP) is 3.76. The molecule has 208 valence electrons. The number of hydrogen-bond acceptors (Lipinski definition) is 8. The Morgan fingerprint density at radius 1 is 1.11 bits per heavy atom. The summed E-state index contributed by atoms with van der Waals surface area (Å²) in [5, 5.41) is 15.7. The molecule has 38 heavy (non-hydrogen) atoms. The van der Waals surface area contributed by atoms with E-state index in [1.54, 1.807) is 32.9 Å². The maximum absolute atomic E-state index is 13.4. The van der Waals surface area contributed by atoms with Gasteiger partial charge in [-0.25, -0.2) is 23.1 Å². The van der Waals surface area contributed by atoms with Crippen LogP contribution >= 0.6 is 0 Å². The van der Waals surface area contributed by atoms with Crippen molar-refractivity contribution in [3.63, 3.8) is 0 Å². The van der Waals surface area contributed by atoms with Crippen LogP contribution in [0.5, 0.6) is 0 Å². The summed E-state index contributed by atoms with van der Waals surface area (Å²) in [6.45, 7) is 10.6. The van der Waals surface area contributed by atoms with E-state index in [1.165, 1.54) is 50.4 Å². The molecule has 4 rings (SSSR count). The highest BCUT2D eigenvalue weighted by Gasteiger charge is 2.45. The number of aromatic nitrogens is 2. The highest BCUT2D eigenvalue weighted by Crippen LogP contribution is 2.45. The van der Waals surface area contributed by atoms with Gasteiger partial charge in [-0.1, -0.05) is 25.3 Å². The molecule has 1 aromatic carbocycles. The third-order valence-corrected chi connectivity index (χ3v) is 8.70. The molecular weight excluding hydrogens is 504 g/mol. The Hall–Kier alpha value is -2.76. The van der Waals surface area contributed by atoms with Gasteiger partial charge < -0.3 is 20.6 Å². The van der Waals surface area contributed by atoms with Crippen LogP contribution in [0.2, 0.25) is 0 Å². The number of anilines is 3. The number of carbonyl (C=O) groups is 1. The van der Waals surface area contributed by atoms with E-state index in [0.717, 1.165) is 13.1 Å². The zero-order valence-electron chi connectivity index (χ0n) is 23.0. The molecule has 10 nitrogen and oxygen atoms in total. The van der Waals surface area contributed by atoms with E-state index in [0.29, 0.717) is 17.3 Å². The topological polar surface area (TPSA) is 137 Å². The van der Waals surface area contributed by atoms with Crippen molar-refractivity contribution in [2.24, 2.45) is 5.41 Å². The normalized spacial score (nSPS) is 17.7. The number of sulfonamides is 1. The predicted molar refractivity (Wildman–Crippen MR) is 149 cm³/mol. The van der Waals surface area contributed by atoms with E-state index in [2.05, 4.69) is 25.2 Å². The van der Waals surface area contributed by atoms with Gasteiger partial charge in [0.15, 0.2) is 11.5 Å². The summed E-state index contributed by atoms with van der Waals surface area (Å²) >= 11 is 0. The molecule has 1 saturated heterocycles. The number of carbonyl (C=O) groups excluding carboxylic acids is 1. The fourth-order valence-electron chi connectivity index (χ4n) is 5.13. The lowest BCUT2D eigenvalue weighted by Gasteiger charge is -2.53. The summed E-state index contributed by atoms with van der Waals surface area (Å²) in [6.07, 6.45) is 7.56. The van der Waals surface area contributed by atoms with Crippen LogP contribution in [0.3, 0.4) is 0 Å². The minimum Gasteiger partial charge on any atom is -0.394 e. The number of aliphatic hydroxyl groups is 1. The van der Waals surface area contributed by atoms with Crippen LogP contribution in [0.25, 0.3) is 0 Å².